The molecule has 0 spiro atoms. The molecule has 0 atom stereocenters. The number of nitrogens with zero attached hydrogens (tertiary/aromatic N) is 2. The van der Waals surface area contributed by atoms with Gasteiger partial charge in [0.25, 0.3) is 0 Å². The van der Waals surface area contributed by atoms with Gasteiger partial charge < -0.3 is 10.4 Å². The molecule has 0 radical (unpaired) electrons. The van der Waals surface area contributed by atoms with Crippen LogP contribution in [-0.2, 0) is 6.54 Å². The average molecular weight is 253 g/mol. The van der Waals surface area contributed by atoms with Gasteiger partial charge in [0.05, 0.1) is 5.56 Å². The van der Waals surface area contributed by atoms with E-state index in [1.54, 1.807) is 42.6 Å². The fourth-order valence-electron chi connectivity index (χ4n) is 1.57. The van der Waals surface area contributed by atoms with E-state index >= 15 is 0 Å². The highest BCUT2D eigenvalue weighted by atomic mass is 16.4. The Morgan fingerprint density at radius 1 is 1.32 bits per heavy atom. The van der Waals surface area contributed by atoms with Crippen molar-refractivity contribution in [3.8, 4) is 6.07 Å². The van der Waals surface area contributed by atoms with Crippen molar-refractivity contribution in [1.82, 2.24) is 4.98 Å². The topological polar surface area (TPSA) is 86.0 Å². The third-order valence-corrected chi connectivity index (χ3v) is 2.57. The summed E-state index contributed by atoms with van der Waals surface area (Å²) in [6, 6.07) is 12.0. The number of hydrogen-bond acceptors (Lipinski definition) is 4. The molecule has 0 bridgehead atoms. The minimum absolute atomic E-state index is 0.263. The molecule has 2 aromatic rings. The maximum atomic E-state index is 10.7. The van der Waals surface area contributed by atoms with Gasteiger partial charge in [0.2, 0.25) is 0 Å². The SMILES string of the molecule is N#Cc1cc(NCc2ccc(C(=O)O)cc2)ccn1. The number of nitrogens with one attached hydrogen (secondary N) is 1. The molecule has 5 heteroatoms. The van der Waals surface area contributed by atoms with E-state index in [0.29, 0.717) is 12.2 Å². The highest BCUT2D eigenvalue weighted by Gasteiger charge is 2.02. The smallest absolute Gasteiger partial charge is 0.335 e. The fraction of sp³-hybridized carbons (Fsp3) is 0.0714. The largest absolute Gasteiger partial charge is 0.478 e. The molecule has 0 aliphatic heterocycles. The summed E-state index contributed by atoms with van der Waals surface area (Å²) in [6.45, 7) is 0.550. The second kappa shape index (κ2) is 5.65. The summed E-state index contributed by atoms with van der Waals surface area (Å²) < 4.78 is 0. The number of carbonyl (C=O) groups is 1. The highest BCUT2D eigenvalue weighted by Crippen LogP contribution is 2.10. The lowest BCUT2D eigenvalue weighted by Gasteiger charge is -2.06. The first-order valence-corrected chi connectivity index (χ1v) is 5.61. The summed E-state index contributed by atoms with van der Waals surface area (Å²) in [7, 11) is 0. The van der Waals surface area contributed by atoms with Gasteiger partial charge in [0.1, 0.15) is 11.8 Å². The zero-order valence-electron chi connectivity index (χ0n) is 10.00. The number of rotatable bonds is 4. The van der Waals surface area contributed by atoms with Crippen LogP contribution in [0.2, 0.25) is 0 Å². The third-order valence-electron chi connectivity index (χ3n) is 2.57. The number of benzene rings is 1. The number of carboxylic acid groups (broad SMARTS) is 1. The van der Waals surface area contributed by atoms with Gasteiger partial charge >= 0.3 is 5.97 Å². The van der Waals surface area contributed by atoms with Gasteiger partial charge in [-0.3, -0.25) is 0 Å². The Bertz CT molecular complexity index is 630. The normalized spacial score (nSPS) is 9.63. The summed E-state index contributed by atoms with van der Waals surface area (Å²) in [6.07, 6.45) is 1.56. The first-order chi connectivity index (χ1) is 9.19. The van der Waals surface area contributed by atoms with E-state index in [4.69, 9.17) is 10.4 Å². The lowest BCUT2D eigenvalue weighted by atomic mass is 10.1. The maximum absolute atomic E-state index is 10.7. The molecule has 0 saturated carbocycles. The molecule has 1 heterocycles. The van der Waals surface area contributed by atoms with Gasteiger partial charge in [0, 0.05) is 18.4 Å². The van der Waals surface area contributed by atoms with Gasteiger partial charge in [-0.25, -0.2) is 9.78 Å². The van der Waals surface area contributed by atoms with E-state index in [9.17, 15) is 4.79 Å². The van der Waals surface area contributed by atoms with Crippen LogP contribution in [0.25, 0.3) is 0 Å². The van der Waals surface area contributed by atoms with Crippen LogP contribution in [-0.4, -0.2) is 16.1 Å². The van der Waals surface area contributed by atoms with Crippen molar-refractivity contribution < 1.29 is 9.90 Å². The molecule has 5 nitrogen and oxygen atoms in total. The van der Waals surface area contributed by atoms with Crippen molar-refractivity contribution in [2.75, 3.05) is 5.32 Å². The minimum Gasteiger partial charge on any atom is -0.478 e. The van der Waals surface area contributed by atoms with Crippen LogP contribution >= 0.6 is 0 Å². The fourth-order valence-corrected chi connectivity index (χ4v) is 1.57. The number of aromatic carboxylic acids is 1. The molecule has 0 aliphatic rings. The predicted molar refractivity (Wildman–Crippen MR) is 69.7 cm³/mol. The Kier molecular flexibility index (Phi) is 3.74. The first-order valence-electron chi connectivity index (χ1n) is 5.61. The van der Waals surface area contributed by atoms with Gasteiger partial charge in [-0.2, -0.15) is 5.26 Å². The highest BCUT2D eigenvalue weighted by molar-refractivity contribution is 5.87. The minimum atomic E-state index is -0.938. The van der Waals surface area contributed by atoms with Gasteiger partial charge in [-0.05, 0) is 29.8 Å². The number of pyridine rings is 1. The molecule has 0 amide bonds. The predicted octanol–water partition coefficient (Wildman–Crippen LogP) is 2.26. The lowest BCUT2D eigenvalue weighted by molar-refractivity contribution is 0.0697. The maximum Gasteiger partial charge on any atom is 0.335 e. The Morgan fingerprint density at radius 2 is 2.05 bits per heavy atom. The van der Waals surface area contributed by atoms with Crippen LogP contribution in [0.5, 0.6) is 0 Å². The summed E-state index contributed by atoms with van der Waals surface area (Å²) in [4.78, 5) is 14.6. The van der Waals surface area contributed by atoms with E-state index < -0.39 is 5.97 Å². The van der Waals surface area contributed by atoms with Crippen molar-refractivity contribution >= 4 is 11.7 Å². The van der Waals surface area contributed by atoms with Gasteiger partial charge in [0.15, 0.2) is 0 Å². The summed E-state index contributed by atoms with van der Waals surface area (Å²) >= 11 is 0. The van der Waals surface area contributed by atoms with E-state index in [1.165, 1.54) is 0 Å². The van der Waals surface area contributed by atoms with Crippen LogP contribution < -0.4 is 5.32 Å². The van der Waals surface area contributed by atoms with Crippen LogP contribution in [0.15, 0.2) is 42.6 Å². The zero-order chi connectivity index (χ0) is 13.7. The van der Waals surface area contributed by atoms with E-state index in [2.05, 4.69) is 10.3 Å². The quantitative estimate of drug-likeness (QED) is 0.872. The van der Waals surface area contributed by atoms with E-state index in [-0.39, 0.29) is 5.56 Å². The van der Waals surface area contributed by atoms with Gasteiger partial charge in [-0.1, -0.05) is 12.1 Å². The number of anilines is 1. The molecule has 0 saturated heterocycles. The zero-order valence-corrected chi connectivity index (χ0v) is 10.00. The summed E-state index contributed by atoms with van der Waals surface area (Å²) in [5, 5.41) is 20.7. The van der Waals surface area contributed by atoms with Crippen LogP contribution in [0.1, 0.15) is 21.6 Å². The second-order valence-corrected chi connectivity index (χ2v) is 3.90. The Labute approximate surface area is 110 Å². The molecule has 0 unspecified atom stereocenters. The van der Waals surface area contributed by atoms with Crippen LogP contribution in [0.3, 0.4) is 0 Å². The summed E-state index contributed by atoms with van der Waals surface area (Å²) in [5.41, 5.74) is 2.37. The molecule has 1 aromatic heterocycles. The molecule has 1 aromatic carbocycles. The monoisotopic (exact) mass is 253 g/mol. The number of hydrogen-bond donors (Lipinski definition) is 2. The molecule has 2 N–H and O–H groups in total. The standard InChI is InChI=1S/C14H11N3O2/c15-8-13-7-12(5-6-16-13)17-9-10-1-3-11(4-2-10)14(18)19/h1-7H,9H2,(H,16,17)(H,18,19). The molecule has 2 rings (SSSR count). The Balaban J connectivity index is 2.02. The third kappa shape index (κ3) is 3.30. The Hall–Kier alpha value is -2.87. The van der Waals surface area contributed by atoms with E-state index in [1.807, 2.05) is 6.07 Å². The van der Waals surface area contributed by atoms with Crippen molar-refractivity contribution in [2.24, 2.45) is 0 Å². The lowest BCUT2D eigenvalue weighted by Crippen LogP contribution is -2.01. The molecule has 0 aliphatic carbocycles. The van der Waals surface area contributed by atoms with Crippen molar-refractivity contribution in [3.63, 3.8) is 0 Å². The number of nitriles is 1. The van der Waals surface area contributed by atoms with Crippen molar-refractivity contribution in [2.45, 2.75) is 6.54 Å². The Morgan fingerprint density at radius 3 is 2.68 bits per heavy atom. The van der Waals surface area contributed by atoms with Crippen LogP contribution in [0, 0.1) is 11.3 Å². The molecule has 94 valence electrons. The molecular weight excluding hydrogens is 242 g/mol. The number of aromatic nitrogens is 1. The molecule has 19 heavy (non-hydrogen) atoms. The molecule has 0 fully saturated rings. The second-order valence-electron chi connectivity index (χ2n) is 3.90. The van der Waals surface area contributed by atoms with E-state index in [0.717, 1.165) is 11.3 Å². The number of carboxylic acids is 1. The van der Waals surface area contributed by atoms with Gasteiger partial charge in [-0.15, -0.1) is 0 Å². The van der Waals surface area contributed by atoms with Crippen LogP contribution in [0.4, 0.5) is 5.69 Å². The molecular formula is C14H11N3O2. The van der Waals surface area contributed by atoms with Crippen molar-refractivity contribution in [1.29, 1.82) is 5.26 Å². The first kappa shape index (κ1) is 12.6. The summed E-state index contributed by atoms with van der Waals surface area (Å²) in [5.74, 6) is -0.938. The average Bonchev–Trinajstić information content (AvgIpc) is 2.46. The van der Waals surface area contributed by atoms with Crippen molar-refractivity contribution in [3.05, 3.63) is 59.4 Å².